The number of para-hydroxylation sites is 3. The molecule has 0 unspecified atom stereocenters. The average Bonchev–Trinajstić information content (AvgIpc) is 3.47. The van der Waals surface area contributed by atoms with E-state index in [9.17, 15) is 0 Å². The van der Waals surface area contributed by atoms with Gasteiger partial charge in [-0.1, -0.05) is 121 Å². The first-order valence-corrected chi connectivity index (χ1v) is 16.2. The third-order valence-corrected chi connectivity index (χ3v) is 11.9. The number of fused-ring (bicyclic) bond motifs is 10. The van der Waals surface area contributed by atoms with Crippen molar-refractivity contribution in [2.24, 2.45) is 0 Å². The Morgan fingerprint density at radius 3 is 1.74 bits per heavy atom. The normalized spacial score (nSPS) is 12.3. The van der Waals surface area contributed by atoms with Gasteiger partial charge in [0, 0.05) is 26.7 Å². The van der Waals surface area contributed by atoms with Crippen LogP contribution in [0.4, 0.5) is 0 Å². The van der Waals surface area contributed by atoms with Crippen molar-refractivity contribution in [3.8, 4) is 0 Å². The molecule has 0 atom stereocenters. The first-order chi connectivity index (χ1) is 21.2. The Bertz CT molecular complexity index is 2530. The van der Waals surface area contributed by atoms with Crippen molar-refractivity contribution < 1.29 is 4.57 Å². The van der Waals surface area contributed by atoms with Gasteiger partial charge in [-0.2, -0.15) is 0 Å². The Labute approximate surface area is 248 Å². The molecule has 0 bridgehead atoms. The molecule has 0 saturated heterocycles. The van der Waals surface area contributed by atoms with Crippen LogP contribution in [0.25, 0.3) is 59.9 Å². The summed E-state index contributed by atoms with van der Waals surface area (Å²) in [5, 5.41) is 9.93. The van der Waals surface area contributed by atoms with Crippen molar-refractivity contribution in [2.45, 2.75) is 0 Å². The zero-order valence-corrected chi connectivity index (χ0v) is 24.1. The number of nitrogens with zero attached hydrogens (tertiary/aromatic N) is 2. The number of benzene rings is 7. The quantitative estimate of drug-likeness (QED) is 0.158. The predicted octanol–water partition coefficient (Wildman–Crippen LogP) is 8.74. The minimum absolute atomic E-state index is 0.807. The monoisotopic (exact) mass is 568 g/mol. The van der Waals surface area contributed by atoms with Gasteiger partial charge < -0.3 is 4.57 Å². The summed E-state index contributed by atoms with van der Waals surface area (Å²) in [5.74, 6) is 0. The molecule has 43 heavy (non-hydrogen) atoms. The van der Waals surface area contributed by atoms with Gasteiger partial charge in [0.1, 0.15) is 5.65 Å². The molecule has 202 valence electrons. The Morgan fingerprint density at radius 2 is 1.05 bits per heavy atom. The number of imidazole rings is 1. The lowest BCUT2D eigenvalue weighted by molar-refractivity contribution is 0.592. The molecule has 0 fully saturated rings. The first-order valence-electron chi connectivity index (χ1n) is 14.5. The van der Waals surface area contributed by atoms with Gasteiger partial charge in [-0.3, -0.25) is 4.40 Å². The second-order valence-electron chi connectivity index (χ2n) is 11.1. The number of hydrogen-bond donors (Lipinski definition) is 0. The van der Waals surface area contributed by atoms with Crippen LogP contribution < -0.4 is 15.9 Å². The Morgan fingerprint density at radius 1 is 0.488 bits per heavy atom. The van der Waals surface area contributed by atoms with E-state index in [1.54, 1.807) is 0 Å². The van der Waals surface area contributed by atoms with Gasteiger partial charge in [-0.05, 0) is 57.3 Å². The highest BCUT2D eigenvalue weighted by Gasteiger charge is 2.33. The van der Waals surface area contributed by atoms with E-state index < -0.39 is 7.14 Å². The fraction of sp³-hybridized carbons (Fsp3) is 0. The largest absolute Gasteiger partial charge is 0.309 e. The molecule has 9 rings (SSSR count). The molecule has 2 heterocycles. The number of hydrogen-bond acceptors (Lipinski definition) is 2. The van der Waals surface area contributed by atoms with E-state index in [0.29, 0.717) is 0 Å². The standard InChI is InChI=1S/C39H25N2OP/c42-43(30-22-20-26-10-1-3-12-28(26)24-30,31-23-21-27-11-2-4-13-29(27)25-31)37-19-9-15-33-32-14-5-7-17-35(32)41-36-18-8-6-16-34(36)40-39(41)38(33)37/h1-25H. The molecular weight excluding hydrogens is 543 g/mol. The molecule has 3 nitrogen and oxygen atoms in total. The Hall–Kier alpha value is -5.24. The summed E-state index contributed by atoms with van der Waals surface area (Å²) in [7, 11) is -3.41. The second kappa shape index (κ2) is 9.13. The lowest BCUT2D eigenvalue weighted by Crippen LogP contribution is -2.26. The van der Waals surface area contributed by atoms with Crippen molar-refractivity contribution in [1.82, 2.24) is 9.38 Å². The van der Waals surface area contributed by atoms with Crippen LogP contribution in [0, 0.1) is 0 Å². The molecule has 0 aliphatic heterocycles. The number of aromatic nitrogens is 2. The van der Waals surface area contributed by atoms with Gasteiger partial charge in [0.2, 0.25) is 0 Å². The average molecular weight is 569 g/mol. The first kappa shape index (κ1) is 24.4. The fourth-order valence-corrected chi connectivity index (χ4v) is 9.66. The van der Waals surface area contributed by atoms with Gasteiger partial charge in [0.15, 0.2) is 7.14 Å². The lowest BCUT2D eigenvalue weighted by atomic mass is 10.1. The topological polar surface area (TPSA) is 34.4 Å². The van der Waals surface area contributed by atoms with E-state index in [2.05, 4.69) is 126 Å². The van der Waals surface area contributed by atoms with E-state index in [-0.39, 0.29) is 0 Å². The molecular formula is C39H25N2OP. The molecule has 0 aliphatic rings. The van der Waals surface area contributed by atoms with Crippen LogP contribution >= 0.6 is 7.14 Å². The molecule has 0 saturated carbocycles. The molecule has 0 spiro atoms. The third kappa shape index (κ3) is 3.49. The lowest BCUT2D eigenvalue weighted by Gasteiger charge is -2.23. The summed E-state index contributed by atoms with van der Waals surface area (Å²) in [4.78, 5) is 5.20. The fourth-order valence-electron chi connectivity index (χ4n) is 6.77. The van der Waals surface area contributed by atoms with Gasteiger partial charge in [0.25, 0.3) is 0 Å². The van der Waals surface area contributed by atoms with E-state index >= 15 is 4.57 Å². The second-order valence-corrected chi connectivity index (χ2v) is 13.9. The maximum absolute atomic E-state index is 16.3. The molecule has 0 N–H and O–H groups in total. The van der Waals surface area contributed by atoms with Gasteiger partial charge >= 0.3 is 0 Å². The SMILES string of the molecule is O=P(c1ccc2ccccc2c1)(c1ccc2ccccc2c1)c1cccc2c3ccccc3n3c4ccccc4nc3c12. The van der Waals surface area contributed by atoms with Crippen LogP contribution in [0.5, 0.6) is 0 Å². The van der Waals surface area contributed by atoms with Crippen molar-refractivity contribution >= 4 is 83.0 Å². The van der Waals surface area contributed by atoms with Crippen LogP contribution in [0.15, 0.2) is 152 Å². The summed E-state index contributed by atoms with van der Waals surface area (Å²) in [6, 6.07) is 52.0. The van der Waals surface area contributed by atoms with E-state index in [1.807, 2.05) is 30.3 Å². The van der Waals surface area contributed by atoms with Crippen molar-refractivity contribution in [3.05, 3.63) is 152 Å². The van der Waals surface area contributed by atoms with E-state index in [4.69, 9.17) is 4.98 Å². The van der Waals surface area contributed by atoms with Crippen molar-refractivity contribution in [2.75, 3.05) is 0 Å². The Balaban J connectivity index is 1.48. The van der Waals surface area contributed by atoms with Crippen LogP contribution in [0.2, 0.25) is 0 Å². The third-order valence-electron chi connectivity index (χ3n) is 8.79. The van der Waals surface area contributed by atoms with Crippen LogP contribution in [0.3, 0.4) is 0 Å². The summed E-state index contributed by atoms with van der Waals surface area (Å²) in [5.41, 5.74) is 3.87. The number of rotatable bonds is 3. The van der Waals surface area contributed by atoms with Crippen LogP contribution in [-0.4, -0.2) is 9.38 Å². The molecule has 0 amide bonds. The minimum Gasteiger partial charge on any atom is -0.309 e. The molecule has 7 aromatic carbocycles. The minimum atomic E-state index is -3.41. The summed E-state index contributed by atoms with van der Waals surface area (Å²) < 4.78 is 18.5. The highest BCUT2D eigenvalue weighted by atomic mass is 31.2. The predicted molar refractivity (Wildman–Crippen MR) is 182 cm³/mol. The highest BCUT2D eigenvalue weighted by molar-refractivity contribution is 7.85. The summed E-state index contributed by atoms with van der Waals surface area (Å²) in [6.07, 6.45) is 0. The molecule has 9 aromatic rings. The van der Waals surface area contributed by atoms with E-state index in [0.717, 1.165) is 75.8 Å². The zero-order chi connectivity index (χ0) is 28.5. The van der Waals surface area contributed by atoms with Gasteiger partial charge in [0.05, 0.1) is 16.6 Å². The zero-order valence-electron chi connectivity index (χ0n) is 23.2. The van der Waals surface area contributed by atoms with Crippen LogP contribution in [-0.2, 0) is 4.57 Å². The smallest absolute Gasteiger partial charge is 0.171 e. The van der Waals surface area contributed by atoms with Crippen molar-refractivity contribution in [3.63, 3.8) is 0 Å². The summed E-state index contributed by atoms with van der Waals surface area (Å²) in [6.45, 7) is 0. The molecule has 0 aliphatic carbocycles. The highest BCUT2D eigenvalue weighted by Crippen LogP contribution is 2.47. The molecule has 2 aromatic heterocycles. The molecule has 4 heteroatoms. The van der Waals surface area contributed by atoms with Gasteiger partial charge in [-0.15, -0.1) is 0 Å². The maximum atomic E-state index is 16.3. The number of pyridine rings is 1. The molecule has 0 radical (unpaired) electrons. The van der Waals surface area contributed by atoms with Gasteiger partial charge in [-0.25, -0.2) is 4.98 Å². The van der Waals surface area contributed by atoms with Crippen molar-refractivity contribution in [1.29, 1.82) is 0 Å². The van der Waals surface area contributed by atoms with Crippen LogP contribution in [0.1, 0.15) is 0 Å². The van der Waals surface area contributed by atoms with E-state index in [1.165, 1.54) is 0 Å². The maximum Gasteiger partial charge on any atom is 0.171 e. The summed E-state index contributed by atoms with van der Waals surface area (Å²) >= 11 is 0. The Kier molecular flexibility index (Phi) is 5.17.